The highest BCUT2D eigenvalue weighted by Crippen LogP contribution is 2.44. The molecule has 1 aliphatic rings. The lowest BCUT2D eigenvalue weighted by Gasteiger charge is -2.28. The third kappa shape index (κ3) is 2.84. The first-order chi connectivity index (χ1) is 10.3. The number of nitrogens with one attached hydrogen (secondary N) is 1. The van der Waals surface area contributed by atoms with E-state index in [1.54, 1.807) is 0 Å². The molecule has 3 rings (SSSR count). The molecule has 0 amide bonds. The highest BCUT2D eigenvalue weighted by molar-refractivity contribution is 5.34. The van der Waals surface area contributed by atoms with Gasteiger partial charge in [0.15, 0.2) is 0 Å². The Bertz CT molecular complexity index is 557. The minimum atomic E-state index is 0.0258. The van der Waals surface area contributed by atoms with E-state index < -0.39 is 0 Å². The fourth-order valence-corrected chi connectivity index (χ4v) is 3.34. The van der Waals surface area contributed by atoms with E-state index >= 15 is 0 Å². The summed E-state index contributed by atoms with van der Waals surface area (Å²) in [4.78, 5) is 9.42. The summed E-state index contributed by atoms with van der Waals surface area (Å²) >= 11 is 0. The lowest BCUT2D eigenvalue weighted by Crippen LogP contribution is -2.27. The second-order valence-corrected chi connectivity index (χ2v) is 5.85. The predicted molar refractivity (Wildman–Crippen MR) is 85.1 cm³/mol. The molecule has 0 aliphatic heterocycles. The molecule has 1 saturated carbocycles. The maximum absolute atomic E-state index is 4.71. The topological polar surface area (TPSA) is 37.8 Å². The van der Waals surface area contributed by atoms with E-state index in [0.717, 1.165) is 37.3 Å². The van der Waals surface area contributed by atoms with E-state index in [4.69, 9.17) is 9.97 Å². The van der Waals surface area contributed by atoms with Crippen LogP contribution in [0, 0.1) is 0 Å². The summed E-state index contributed by atoms with van der Waals surface area (Å²) in [7, 11) is 0. The van der Waals surface area contributed by atoms with Gasteiger partial charge in [0.05, 0.1) is 5.41 Å². The molecule has 0 spiro atoms. The molecule has 1 aromatic carbocycles. The zero-order chi connectivity index (χ0) is 14.5. The molecule has 1 aromatic heterocycles. The summed E-state index contributed by atoms with van der Waals surface area (Å²) in [6.45, 7) is 3.92. The molecule has 110 valence electrons. The standard InChI is InChI=1S/C18H23N3/c1-2-19-12-15-13-20-17(21-14-15)18(10-6-7-11-18)16-8-4-3-5-9-16/h3-5,8-9,13-14,19H,2,6-7,10-12H2,1H3. The van der Waals surface area contributed by atoms with Crippen LogP contribution in [0.5, 0.6) is 0 Å². The largest absolute Gasteiger partial charge is 0.313 e. The Kier molecular flexibility index (Phi) is 4.30. The van der Waals surface area contributed by atoms with Gasteiger partial charge < -0.3 is 5.32 Å². The maximum Gasteiger partial charge on any atom is 0.138 e. The van der Waals surface area contributed by atoms with Crippen molar-refractivity contribution in [3.63, 3.8) is 0 Å². The molecular weight excluding hydrogens is 258 g/mol. The molecule has 0 unspecified atom stereocenters. The van der Waals surface area contributed by atoms with Gasteiger partial charge in [-0.15, -0.1) is 0 Å². The average Bonchev–Trinajstić information content (AvgIpc) is 3.05. The molecule has 1 N–H and O–H groups in total. The lowest BCUT2D eigenvalue weighted by atomic mass is 9.78. The van der Waals surface area contributed by atoms with Crippen LogP contribution in [0.2, 0.25) is 0 Å². The van der Waals surface area contributed by atoms with Gasteiger partial charge in [0, 0.05) is 24.5 Å². The van der Waals surface area contributed by atoms with Crippen LogP contribution in [-0.2, 0) is 12.0 Å². The second-order valence-electron chi connectivity index (χ2n) is 5.85. The van der Waals surface area contributed by atoms with Crippen LogP contribution >= 0.6 is 0 Å². The number of benzene rings is 1. The number of hydrogen-bond donors (Lipinski definition) is 1. The van der Waals surface area contributed by atoms with Crippen LogP contribution in [0.3, 0.4) is 0 Å². The molecule has 1 heterocycles. The Labute approximate surface area is 126 Å². The molecule has 1 aliphatic carbocycles. The smallest absolute Gasteiger partial charge is 0.138 e. The van der Waals surface area contributed by atoms with Gasteiger partial charge in [-0.2, -0.15) is 0 Å². The highest BCUT2D eigenvalue weighted by atomic mass is 14.9. The van der Waals surface area contributed by atoms with Crippen molar-refractivity contribution in [3.05, 3.63) is 59.7 Å². The summed E-state index contributed by atoms with van der Waals surface area (Å²) < 4.78 is 0. The van der Waals surface area contributed by atoms with Crippen molar-refractivity contribution in [2.24, 2.45) is 0 Å². The molecular formula is C18H23N3. The summed E-state index contributed by atoms with van der Waals surface area (Å²) in [5, 5.41) is 3.31. The van der Waals surface area contributed by atoms with Crippen molar-refractivity contribution in [1.29, 1.82) is 0 Å². The van der Waals surface area contributed by atoms with Gasteiger partial charge in [0.1, 0.15) is 5.82 Å². The van der Waals surface area contributed by atoms with Crippen LogP contribution in [0.4, 0.5) is 0 Å². The first-order valence-electron chi connectivity index (χ1n) is 7.93. The van der Waals surface area contributed by atoms with Gasteiger partial charge in [0.2, 0.25) is 0 Å². The summed E-state index contributed by atoms with van der Waals surface area (Å²) in [5.41, 5.74) is 2.54. The lowest BCUT2D eigenvalue weighted by molar-refractivity contribution is 0.497. The normalized spacial score (nSPS) is 17.0. The summed E-state index contributed by atoms with van der Waals surface area (Å²) in [6, 6.07) is 10.8. The molecule has 1 fully saturated rings. The van der Waals surface area contributed by atoms with Crippen molar-refractivity contribution >= 4 is 0 Å². The van der Waals surface area contributed by atoms with Crippen LogP contribution in [0.25, 0.3) is 0 Å². The molecule has 3 nitrogen and oxygen atoms in total. The first-order valence-corrected chi connectivity index (χ1v) is 7.93. The molecule has 21 heavy (non-hydrogen) atoms. The zero-order valence-electron chi connectivity index (χ0n) is 12.7. The molecule has 0 bridgehead atoms. The van der Waals surface area contributed by atoms with Crippen molar-refractivity contribution in [2.75, 3.05) is 6.54 Å². The van der Waals surface area contributed by atoms with Crippen LogP contribution in [0.15, 0.2) is 42.7 Å². The minimum Gasteiger partial charge on any atom is -0.313 e. The van der Waals surface area contributed by atoms with Gasteiger partial charge in [-0.05, 0) is 24.9 Å². The highest BCUT2D eigenvalue weighted by Gasteiger charge is 2.39. The first kappa shape index (κ1) is 14.2. The van der Waals surface area contributed by atoms with Crippen molar-refractivity contribution in [1.82, 2.24) is 15.3 Å². The quantitative estimate of drug-likeness (QED) is 0.912. The Morgan fingerprint density at radius 2 is 1.71 bits per heavy atom. The molecule has 2 aromatic rings. The van der Waals surface area contributed by atoms with Gasteiger partial charge in [-0.3, -0.25) is 0 Å². The van der Waals surface area contributed by atoms with E-state index in [2.05, 4.69) is 42.6 Å². The molecule has 0 atom stereocenters. The maximum atomic E-state index is 4.71. The summed E-state index contributed by atoms with van der Waals surface area (Å²) in [5.74, 6) is 0.992. The molecule has 0 radical (unpaired) electrons. The third-order valence-corrected chi connectivity index (χ3v) is 4.50. The van der Waals surface area contributed by atoms with Crippen LogP contribution < -0.4 is 5.32 Å². The monoisotopic (exact) mass is 281 g/mol. The van der Waals surface area contributed by atoms with Gasteiger partial charge in [0.25, 0.3) is 0 Å². The van der Waals surface area contributed by atoms with Gasteiger partial charge in [-0.25, -0.2) is 9.97 Å². The van der Waals surface area contributed by atoms with Gasteiger partial charge >= 0.3 is 0 Å². The Balaban J connectivity index is 1.91. The van der Waals surface area contributed by atoms with E-state index in [9.17, 15) is 0 Å². The number of nitrogens with zero attached hydrogens (tertiary/aromatic N) is 2. The second kappa shape index (κ2) is 6.35. The summed E-state index contributed by atoms with van der Waals surface area (Å²) in [6.07, 6.45) is 8.80. The van der Waals surface area contributed by atoms with E-state index in [0.29, 0.717) is 0 Å². The zero-order valence-corrected chi connectivity index (χ0v) is 12.7. The van der Waals surface area contributed by atoms with E-state index in [1.165, 1.54) is 18.4 Å². The van der Waals surface area contributed by atoms with Crippen LogP contribution in [0.1, 0.15) is 49.6 Å². The fraction of sp³-hybridized carbons (Fsp3) is 0.444. The average molecular weight is 281 g/mol. The fourth-order valence-electron chi connectivity index (χ4n) is 3.34. The van der Waals surface area contributed by atoms with Crippen molar-refractivity contribution in [2.45, 2.75) is 44.6 Å². The SMILES string of the molecule is CCNCc1cnc(C2(c3ccccc3)CCCC2)nc1. The van der Waals surface area contributed by atoms with E-state index in [-0.39, 0.29) is 5.41 Å². The van der Waals surface area contributed by atoms with Crippen molar-refractivity contribution in [3.8, 4) is 0 Å². The third-order valence-electron chi connectivity index (χ3n) is 4.50. The molecule has 0 saturated heterocycles. The predicted octanol–water partition coefficient (Wildman–Crippen LogP) is 3.45. The number of rotatable bonds is 5. The minimum absolute atomic E-state index is 0.0258. The molecule has 3 heteroatoms. The Morgan fingerprint density at radius 3 is 2.33 bits per heavy atom. The van der Waals surface area contributed by atoms with Crippen molar-refractivity contribution < 1.29 is 0 Å². The Morgan fingerprint density at radius 1 is 1.05 bits per heavy atom. The van der Waals surface area contributed by atoms with Crippen LogP contribution in [-0.4, -0.2) is 16.5 Å². The number of hydrogen-bond acceptors (Lipinski definition) is 3. The van der Waals surface area contributed by atoms with E-state index in [1.807, 2.05) is 12.4 Å². The van der Waals surface area contributed by atoms with Gasteiger partial charge in [-0.1, -0.05) is 50.1 Å². The Hall–Kier alpha value is -1.74. The number of aromatic nitrogens is 2.